The van der Waals surface area contributed by atoms with Crippen LogP contribution in [0.5, 0.6) is 0 Å². The van der Waals surface area contributed by atoms with E-state index in [1.807, 2.05) is 20.8 Å². The van der Waals surface area contributed by atoms with Crippen LogP contribution in [0.25, 0.3) is 0 Å². The number of nitrogens with zero attached hydrogens (tertiary/aromatic N) is 1. The Kier molecular flexibility index (Phi) is 3.97. The molecular formula is C11H22N2O2. The molecule has 1 heterocycles. The van der Waals surface area contributed by atoms with Crippen molar-refractivity contribution in [3.05, 3.63) is 0 Å². The third-order valence-corrected chi connectivity index (χ3v) is 2.88. The second-order valence-electron chi connectivity index (χ2n) is 5.28. The molecule has 4 nitrogen and oxygen atoms in total. The minimum absolute atomic E-state index is 0.302. The van der Waals surface area contributed by atoms with Crippen LogP contribution in [0, 0.1) is 5.92 Å². The Morgan fingerprint density at radius 2 is 2.20 bits per heavy atom. The van der Waals surface area contributed by atoms with E-state index in [-0.39, 0.29) is 5.54 Å². The van der Waals surface area contributed by atoms with Gasteiger partial charge in [0, 0.05) is 12.1 Å². The van der Waals surface area contributed by atoms with Crippen molar-refractivity contribution in [2.24, 2.45) is 5.92 Å². The average Bonchev–Trinajstić information content (AvgIpc) is 2.13. The van der Waals surface area contributed by atoms with Crippen LogP contribution in [0.2, 0.25) is 0 Å². The van der Waals surface area contributed by atoms with E-state index in [0.29, 0.717) is 12.5 Å². The zero-order valence-electron chi connectivity index (χ0n) is 9.92. The van der Waals surface area contributed by atoms with Crippen molar-refractivity contribution < 1.29 is 9.90 Å². The molecule has 4 heteroatoms. The Hall–Kier alpha value is -0.770. The van der Waals surface area contributed by atoms with E-state index in [1.54, 1.807) is 4.90 Å². The number of amides is 1. The summed E-state index contributed by atoms with van der Waals surface area (Å²) in [5.41, 5.74) is -0.302. The van der Waals surface area contributed by atoms with E-state index in [2.05, 4.69) is 5.32 Å². The molecule has 1 atom stereocenters. The highest BCUT2D eigenvalue weighted by atomic mass is 16.4. The Labute approximate surface area is 91.6 Å². The molecule has 0 aromatic heterocycles. The number of hydrogen-bond donors (Lipinski definition) is 2. The van der Waals surface area contributed by atoms with Crippen LogP contribution < -0.4 is 5.32 Å². The maximum absolute atomic E-state index is 11.1. The van der Waals surface area contributed by atoms with E-state index in [0.717, 1.165) is 25.9 Å². The summed E-state index contributed by atoms with van der Waals surface area (Å²) in [6.07, 6.45) is 1.47. The first-order valence-corrected chi connectivity index (χ1v) is 5.62. The smallest absolute Gasteiger partial charge is 0.407 e. The van der Waals surface area contributed by atoms with Gasteiger partial charge in [-0.1, -0.05) is 0 Å². The molecule has 0 spiro atoms. The van der Waals surface area contributed by atoms with Gasteiger partial charge in [0.25, 0.3) is 0 Å². The number of piperidine rings is 1. The van der Waals surface area contributed by atoms with Gasteiger partial charge >= 0.3 is 6.09 Å². The Balaban J connectivity index is 2.54. The van der Waals surface area contributed by atoms with Gasteiger partial charge in [-0.15, -0.1) is 0 Å². The molecule has 1 amide bonds. The Morgan fingerprint density at radius 1 is 1.53 bits per heavy atom. The average molecular weight is 214 g/mol. The van der Waals surface area contributed by atoms with E-state index in [9.17, 15) is 4.79 Å². The van der Waals surface area contributed by atoms with Crippen molar-refractivity contribution in [3.63, 3.8) is 0 Å². The zero-order chi connectivity index (χ0) is 11.5. The molecule has 1 fully saturated rings. The Bertz CT molecular complexity index is 217. The summed E-state index contributed by atoms with van der Waals surface area (Å²) in [5.74, 6) is 0.467. The maximum Gasteiger partial charge on any atom is 0.407 e. The van der Waals surface area contributed by atoms with Gasteiger partial charge in [-0.2, -0.15) is 0 Å². The van der Waals surface area contributed by atoms with E-state index >= 15 is 0 Å². The largest absolute Gasteiger partial charge is 0.465 e. The van der Waals surface area contributed by atoms with Crippen LogP contribution in [0.3, 0.4) is 0 Å². The maximum atomic E-state index is 11.1. The molecule has 15 heavy (non-hydrogen) atoms. The molecule has 0 bridgehead atoms. The van der Waals surface area contributed by atoms with E-state index in [1.165, 1.54) is 0 Å². The first kappa shape index (κ1) is 12.3. The molecule has 0 aromatic carbocycles. The molecule has 88 valence electrons. The summed E-state index contributed by atoms with van der Waals surface area (Å²) in [5, 5.41) is 12.5. The van der Waals surface area contributed by atoms with Crippen LogP contribution in [-0.4, -0.2) is 41.3 Å². The predicted molar refractivity (Wildman–Crippen MR) is 60.1 cm³/mol. The minimum Gasteiger partial charge on any atom is -0.465 e. The van der Waals surface area contributed by atoms with Crippen LogP contribution in [0.4, 0.5) is 4.79 Å². The number of rotatable bonds is 2. The monoisotopic (exact) mass is 214 g/mol. The van der Waals surface area contributed by atoms with Crippen LogP contribution >= 0.6 is 0 Å². The van der Waals surface area contributed by atoms with Crippen LogP contribution in [0.1, 0.15) is 33.6 Å². The zero-order valence-corrected chi connectivity index (χ0v) is 9.92. The summed E-state index contributed by atoms with van der Waals surface area (Å²) in [6, 6.07) is 0. The van der Waals surface area contributed by atoms with Crippen molar-refractivity contribution in [3.8, 4) is 0 Å². The quantitative estimate of drug-likeness (QED) is 0.736. The summed E-state index contributed by atoms with van der Waals surface area (Å²) < 4.78 is 0. The molecule has 1 rings (SSSR count). The number of hydrogen-bond acceptors (Lipinski definition) is 2. The molecule has 1 saturated heterocycles. The first-order valence-electron chi connectivity index (χ1n) is 5.62. The van der Waals surface area contributed by atoms with Gasteiger partial charge in [0.2, 0.25) is 0 Å². The molecule has 2 N–H and O–H groups in total. The lowest BCUT2D eigenvalue weighted by atomic mass is 9.96. The van der Waals surface area contributed by atoms with Crippen molar-refractivity contribution in [1.29, 1.82) is 0 Å². The second-order valence-corrected chi connectivity index (χ2v) is 5.28. The van der Waals surface area contributed by atoms with Gasteiger partial charge in [0.05, 0.1) is 0 Å². The van der Waals surface area contributed by atoms with Crippen LogP contribution in [-0.2, 0) is 0 Å². The first-order chi connectivity index (χ1) is 6.91. The summed E-state index contributed by atoms with van der Waals surface area (Å²) in [6.45, 7) is 8.48. The van der Waals surface area contributed by atoms with Gasteiger partial charge in [0.1, 0.15) is 0 Å². The van der Waals surface area contributed by atoms with Gasteiger partial charge in [-0.05, 0) is 52.6 Å². The van der Waals surface area contributed by atoms with Crippen molar-refractivity contribution >= 4 is 6.09 Å². The molecule has 0 aliphatic carbocycles. The fourth-order valence-electron chi connectivity index (χ4n) is 1.98. The fraction of sp³-hybridized carbons (Fsp3) is 0.909. The van der Waals surface area contributed by atoms with Crippen molar-refractivity contribution in [1.82, 2.24) is 10.2 Å². The molecular weight excluding hydrogens is 192 g/mol. The minimum atomic E-state index is -0.812. The van der Waals surface area contributed by atoms with Gasteiger partial charge < -0.3 is 15.3 Å². The topological polar surface area (TPSA) is 52.6 Å². The lowest BCUT2D eigenvalue weighted by Gasteiger charge is -2.37. The highest BCUT2D eigenvalue weighted by molar-refractivity contribution is 5.66. The van der Waals surface area contributed by atoms with E-state index < -0.39 is 6.09 Å². The Morgan fingerprint density at radius 3 is 2.60 bits per heavy atom. The third kappa shape index (κ3) is 3.70. The third-order valence-electron chi connectivity index (χ3n) is 2.88. The van der Waals surface area contributed by atoms with Gasteiger partial charge in [0.15, 0.2) is 0 Å². The molecule has 0 radical (unpaired) electrons. The van der Waals surface area contributed by atoms with Crippen molar-refractivity contribution in [2.45, 2.75) is 39.2 Å². The number of nitrogens with one attached hydrogen (secondary N) is 1. The highest BCUT2D eigenvalue weighted by Gasteiger charge is 2.28. The fourth-order valence-corrected chi connectivity index (χ4v) is 1.98. The molecule has 1 aliphatic heterocycles. The van der Waals surface area contributed by atoms with Gasteiger partial charge in [-0.3, -0.25) is 0 Å². The standard InChI is InChI=1S/C11H22N2O2/c1-11(2,3)13(10(14)15)8-9-5-4-6-12-7-9/h9,12H,4-8H2,1-3H3,(H,14,15)/t9-/m1/s1. The second kappa shape index (κ2) is 4.84. The lowest BCUT2D eigenvalue weighted by molar-refractivity contribution is 0.0850. The summed E-state index contributed by atoms with van der Waals surface area (Å²) >= 11 is 0. The predicted octanol–water partition coefficient (Wildman–Crippen LogP) is 1.76. The molecule has 1 aliphatic rings. The van der Waals surface area contributed by atoms with Crippen molar-refractivity contribution in [2.75, 3.05) is 19.6 Å². The summed E-state index contributed by atoms with van der Waals surface area (Å²) in [4.78, 5) is 12.7. The number of carboxylic acid groups (broad SMARTS) is 1. The number of carbonyl (C=O) groups is 1. The lowest BCUT2D eigenvalue weighted by Crippen LogP contribution is -2.49. The van der Waals surface area contributed by atoms with Crippen LogP contribution in [0.15, 0.2) is 0 Å². The SMILES string of the molecule is CC(C)(C)N(C[C@@H]1CCCNC1)C(=O)O. The van der Waals surface area contributed by atoms with E-state index in [4.69, 9.17) is 5.11 Å². The van der Waals surface area contributed by atoms with Gasteiger partial charge in [-0.25, -0.2) is 4.79 Å². The normalized spacial score (nSPS) is 22.5. The molecule has 0 saturated carbocycles. The summed E-state index contributed by atoms with van der Waals surface area (Å²) in [7, 11) is 0. The molecule has 0 aromatic rings. The highest BCUT2D eigenvalue weighted by Crippen LogP contribution is 2.19. The molecule has 0 unspecified atom stereocenters.